The van der Waals surface area contributed by atoms with E-state index in [-0.39, 0.29) is 23.9 Å². The fraction of sp³-hybridized carbons (Fsp3) is 0.583. The van der Waals surface area contributed by atoms with Crippen LogP contribution < -0.4 is 0 Å². The maximum atomic E-state index is 11.6. The smallest absolute Gasteiger partial charge is 0.309 e. The molecular weight excluding hydrogens is 176 g/mol. The molecule has 1 aliphatic carbocycles. The van der Waals surface area contributed by atoms with Crippen LogP contribution in [0.3, 0.4) is 0 Å². The molecule has 0 aromatic carbocycles. The summed E-state index contributed by atoms with van der Waals surface area (Å²) in [5.41, 5.74) is 0. The molecule has 2 heterocycles. The monoisotopic (exact) mass is 192 g/mol. The molecule has 0 aromatic heterocycles. The van der Waals surface area contributed by atoms with E-state index < -0.39 is 0 Å². The number of carbonyl (C=O) groups is 1. The highest BCUT2D eigenvalue weighted by atomic mass is 16.5. The van der Waals surface area contributed by atoms with Gasteiger partial charge in [0.25, 0.3) is 0 Å². The van der Waals surface area contributed by atoms with Gasteiger partial charge in [0, 0.05) is 5.92 Å². The Morgan fingerprint density at radius 3 is 2.50 bits per heavy atom. The van der Waals surface area contributed by atoms with Gasteiger partial charge < -0.3 is 4.74 Å². The number of rotatable bonds is 2. The van der Waals surface area contributed by atoms with E-state index in [9.17, 15) is 4.79 Å². The molecule has 14 heavy (non-hydrogen) atoms. The second-order valence-electron chi connectivity index (χ2n) is 4.19. The van der Waals surface area contributed by atoms with Crippen molar-refractivity contribution in [3.05, 3.63) is 25.3 Å². The van der Waals surface area contributed by atoms with Crippen LogP contribution >= 0.6 is 0 Å². The van der Waals surface area contributed by atoms with Crippen molar-refractivity contribution < 1.29 is 9.53 Å². The lowest BCUT2D eigenvalue weighted by atomic mass is 9.86. The van der Waals surface area contributed by atoms with Gasteiger partial charge in [-0.3, -0.25) is 4.79 Å². The lowest BCUT2D eigenvalue weighted by Gasteiger charge is -2.26. The lowest BCUT2D eigenvalue weighted by molar-refractivity contribution is -0.160. The number of allylic oxidation sites excluding steroid dienone is 1. The number of hydrogen-bond acceptors (Lipinski definition) is 2. The van der Waals surface area contributed by atoms with E-state index >= 15 is 0 Å². The van der Waals surface area contributed by atoms with Crippen LogP contribution in [-0.4, -0.2) is 12.1 Å². The number of hydrogen-bond donors (Lipinski definition) is 0. The molecule has 0 unspecified atom stereocenters. The molecule has 76 valence electrons. The first-order valence-corrected chi connectivity index (χ1v) is 5.22. The van der Waals surface area contributed by atoms with Gasteiger partial charge in [-0.05, 0) is 25.2 Å². The Morgan fingerprint density at radius 1 is 1.21 bits per heavy atom. The highest BCUT2D eigenvalue weighted by molar-refractivity contribution is 5.74. The second kappa shape index (κ2) is 3.60. The van der Waals surface area contributed by atoms with Gasteiger partial charge in [-0.25, -0.2) is 0 Å². The molecule has 1 saturated carbocycles. The van der Waals surface area contributed by atoms with Crippen LogP contribution in [0.15, 0.2) is 25.3 Å². The first-order chi connectivity index (χ1) is 6.76. The zero-order valence-corrected chi connectivity index (χ0v) is 8.32. The van der Waals surface area contributed by atoms with E-state index in [2.05, 4.69) is 13.2 Å². The maximum absolute atomic E-state index is 11.6. The summed E-state index contributed by atoms with van der Waals surface area (Å²) in [4.78, 5) is 11.6. The van der Waals surface area contributed by atoms with E-state index in [0.717, 1.165) is 19.3 Å². The molecule has 2 nitrogen and oxygen atoms in total. The Labute approximate surface area is 84.6 Å². The summed E-state index contributed by atoms with van der Waals surface area (Å²) in [6, 6.07) is 0. The fourth-order valence-corrected chi connectivity index (χ4v) is 2.59. The summed E-state index contributed by atoms with van der Waals surface area (Å²) in [6.45, 7) is 7.61. The van der Waals surface area contributed by atoms with Gasteiger partial charge in [0.1, 0.15) is 6.10 Å². The SMILES string of the molecule is C=C[C@@H]1C[C@H](C=C)[C@H]2CC[C@@H]1C(=O)O2. The number of fused-ring (bicyclic) bond motifs is 4. The van der Waals surface area contributed by atoms with E-state index in [1.165, 1.54) is 0 Å². The molecule has 3 fully saturated rings. The van der Waals surface area contributed by atoms with Crippen LogP contribution in [0.5, 0.6) is 0 Å². The normalized spacial score (nSPS) is 41.3. The minimum absolute atomic E-state index is 0.0319. The van der Waals surface area contributed by atoms with E-state index in [1.807, 2.05) is 12.2 Å². The molecule has 0 spiro atoms. The van der Waals surface area contributed by atoms with E-state index in [1.54, 1.807) is 0 Å². The van der Waals surface area contributed by atoms with Gasteiger partial charge >= 0.3 is 5.97 Å². The fourth-order valence-electron chi connectivity index (χ4n) is 2.59. The Balaban J connectivity index is 2.27. The molecule has 3 rings (SSSR count). The summed E-state index contributed by atoms with van der Waals surface area (Å²) < 4.78 is 5.39. The molecular formula is C12H16O2. The standard InChI is InChI=1S/C12H16O2/c1-3-8-7-9(4-2)11-6-5-10(8)12(13)14-11/h3-4,8-11H,1-2,5-7H2/t8-,9+,10+,11-/m1/s1. The first kappa shape index (κ1) is 9.50. The van der Waals surface area contributed by atoms with Crippen molar-refractivity contribution in [2.24, 2.45) is 17.8 Å². The van der Waals surface area contributed by atoms with Gasteiger partial charge in [0.15, 0.2) is 0 Å². The summed E-state index contributed by atoms with van der Waals surface area (Å²) in [6.07, 6.45) is 6.79. The van der Waals surface area contributed by atoms with Gasteiger partial charge in [-0.15, -0.1) is 13.2 Å². The van der Waals surface area contributed by atoms with Gasteiger partial charge in [0.05, 0.1) is 5.92 Å². The molecule has 2 saturated heterocycles. The van der Waals surface area contributed by atoms with Crippen LogP contribution in [0.1, 0.15) is 19.3 Å². The van der Waals surface area contributed by atoms with Crippen molar-refractivity contribution >= 4 is 5.97 Å². The summed E-state index contributed by atoms with van der Waals surface area (Å²) in [7, 11) is 0. The topological polar surface area (TPSA) is 26.3 Å². The number of esters is 1. The molecule has 0 radical (unpaired) electrons. The zero-order valence-electron chi connectivity index (χ0n) is 8.32. The molecule has 2 bridgehead atoms. The highest BCUT2D eigenvalue weighted by Crippen LogP contribution is 2.40. The molecule has 2 aliphatic heterocycles. The largest absolute Gasteiger partial charge is 0.462 e. The Bertz CT molecular complexity index is 269. The quantitative estimate of drug-likeness (QED) is 0.495. The van der Waals surface area contributed by atoms with E-state index in [4.69, 9.17) is 4.74 Å². The minimum atomic E-state index is -0.0319. The number of carbonyl (C=O) groups excluding carboxylic acids is 1. The van der Waals surface area contributed by atoms with Crippen LogP contribution in [0.2, 0.25) is 0 Å². The Morgan fingerprint density at radius 2 is 1.93 bits per heavy atom. The predicted molar refractivity (Wildman–Crippen MR) is 54.6 cm³/mol. The van der Waals surface area contributed by atoms with Crippen molar-refractivity contribution in [1.29, 1.82) is 0 Å². The van der Waals surface area contributed by atoms with Gasteiger partial charge in [-0.2, -0.15) is 0 Å². The lowest BCUT2D eigenvalue weighted by Crippen LogP contribution is -2.31. The summed E-state index contributed by atoms with van der Waals surface area (Å²) >= 11 is 0. The third-order valence-electron chi connectivity index (χ3n) is 3.48. The average molecular weight is 192 g/mol. The van der Waals surface area contributed by atoms with Crippen LogP contribution in [-0.2, 0) is 9.53 Å². The molecule has 0 aromatic rings. The highest BCUT2D eigenvalue weighted by Gasteiger charge is 2.42. The third kappa shape index (κ3) is 1.39. The average Bonchev–Trinajstić information content (AvgIpc) is 2.44. The van der Waals surface area contributed by atoms with Crippen LogP contribution in [0.4, 0.5) is 0 Å². The summed E-state index contributed by atoms with van der Waals surface area (Å²) in [5, 5.41) is 0. The molecule has 0 N–H and O–H groups in total. The predicted octanol–water partition coefficient (Wildman–Crippen LogP) is 2.32. The van der Waals surface area contributed by atoms with Crippen molar-refractivity contribution in [2.45, 2.75) is 25.4 Å². The van der Waals surface area contributed by atoms with Gasteiger partial charge in [0.2, 0.25) is 0 Å². The van der Waals surface area contributed by atoms with Crippen LogP contribution in [0, 0.1) is 17.8 Å². The second-order valence-corrected chi connectivity index (χ2v) is 4.19. The van der Waals surface area contributed by atoms with Crippen molar-refractivity contribution in [3.8, 4) is 0 Å². The zero-order chi connectivity index (χ0) is 10.1. The Kier molecular flexibility index (Phi) is 2.44. The van der Waals surface area contributed by atoms with Gasteiger partial charge in [-0.1, -0.05) is 12.2 Å². The van der Waals surface area contributed by atoms with Crippen molar-refractivity contribution in [2.75, 3.05) is 0 Å². The summed E-state index contributed by atoms with van der Waals surface area (Å²) in [5.74, 6) is 0.608. The molecule has 3 aliphatic rings. The molecule has 2 heteroatoms. The molecule has 4 atom stereocenters. The number of ether oxygens (including phenoxy) is 1. The van der Waals surface area contributed by atoms with E-state index in [0.29, 0.717) is 5.92 Å². The first-order valence-electron chi connectivity index (χ1n) is 5.22. The van der Waals surface area contributed by atoms with Crippen molar-refractivity contribution in [1.82, 2.24) is 0 Å². The Hall–Kier alpha value is -1.05. The van der Waals surface area contributed by atoms with Crippen molar-refractivity contribution in [3.63, 3.8) is 0 Å². The maximum Gasteiger partial charge on any atom is 0.309 e. The molecule has 0 amide bonds. The third-order valence-corrected chi connectivity index (χ3v) is 3.48. The van der Waals surface area contributed by atoms with Crippen LogP contribution in [0.25, 0.3) is 0 Å². The minimum Gasteiger partial charge on any atom is -0.462 e.